The summed E-state index contributed by atoms with van der Waals surface area (Å²) >= 11 is 1.75. The molecule has 0 radical (unpaired) electrons. The fourth-order valence-corrected chi connectivity index (χ4v) is 3.84. The van der Waals surface area contributed by atoms with E-state index in [1.54, 1.807) is 18.4 Å². The van der Waals surface area contributed by atoms with Crippen molar-refractivity contribution in [1.29, 1.82) is 0 Å². The number of nitrogens with one attached hydrogen (secondary N) is 1. The van der Waals surface area contributed by atoms with Crippen LogP contribution in [0.2, 0.25) is 0 Å². The first-order valence-corrected chi connectivity index (χ1v) is 7.93. The zero-order valence-electron chi connectivity index (χ0n) is 11.8. The van der Waals surface area contributed by atoms with Crippen LogP contribution in [0.1, 0.15) is 22.6 Å². The largest absolute Gasteiger partial charge is 0.383 e. The number of benzene rings is 1. The Hall–Kier alpha value is -1.23. The molecule has 0 aliphatic heterocycles. The van der Waals surface area contributed by atoms with Crippen molar-refractivity contribution < 1.29 is 4.74 Å². The van der Waals surface area contributed by atoms with E-state index in [-0.39, 0.29) is 5.54 Å². The maximum atomic E-state index is 5.19. The average Bonchev–Trinajstić information content (AvgIpc) is 3.02. The van der Waals surface area contributed by atoms with Gasteiger partial charge in [0.05, 0.1) is 12.1 Å². The van der Waals surface area contributed by atoms with Crippen molar-refractivity contribution in [3.05, 3.63) is 52.0 Å². The summed E-state index contributed by atoms with van der Waals surface area (Å²) in [7, 11) is 1.74. The van der Waals surface area contributed by atoms with E-state index in [0.717, 1.165) is 32.4 Å². The minimum absolute atomic E-state index is 0.0267. The number of hydrogen-bond acceptors (Lipinski definition) is 4. The number of fused-ring (bicyclic) bond motifs is 1. The summed E-state index contributed by atoms with van der Waals surface area (Å²) in [6.07, 6.45) is 5.12. The third-order valence-corrected chi connectivity index (χ3v) is 5.02. The molecule has 3 nitrogen and oxygen atoms in total. The van der Waals surface area contributed by atoms with E-state index in [9.17, 15) is 0 Å². The molecule has 1 aliphatic rings. The highest BCUT2D eigenvalue weighted by atomic mass is 32.1. The predicted octanol–water partition coefficient (Wildman–Crippen LogP) is 2.76. The van der Waals surface area contributed by atoms with Gasteiger partial charge in [-0.25, -0.2) is 4.98 Å². The quantitative estimate of drug-likeness (QED) is 0.859. The Kier molecular flexibility index (Phi) is 4.15. The second-order valence-electron chi connectivity index (χ2n) is 5.28. The highest BCUT2D eigenvalue weighted by Gasteiger charge is 2.37. The standard InChI is InChI=1S/C16H20N2OS/c1-19-10-8-18-16(15-17-9-11-20-15)7-6-13-4-2-3-5-14(13)12-16/h2-5,9,11,18H,6-8,10,12H2,1H3. The first-order valence-electron chi connectivity index (χ1n) is 7.05. The molecule has 1 unspecified atom stereocenters. The number of nitrogens with zero attached hydrogens (tertiary/aromatic N) is 1. The SMILES string of the molecule is COCCNC1(c2nccs2)CCc2ccccc2C1. The normalized spacial score (nSPS) is 21.6. The molecule has 0 amide bonds. The Morgan fingerprint density at radius 1 is 1.35 bits per heavy atom. The summed E-state index contributed by atoms with van der Waals surface area (Å²) < 4.78 is 5.19. The molecule has 3 rings (SSSR count). The fourth-order valence-electron chi connectivity index (χ4n) is 3.00. The maximum Gasteiger partial charge on any atom is 0.113 e. The number of ether oxygens (including phenoxy) is 1. The number of methoxy groups -OCH3 is 1. The van der Waals surface area contributed by atoms with Gasteiger partial charge in [0, 0.05) is 25.2 Å². The second kappa shape index (κ2) is 6.04. The summed E-state index contributed by atoms with van der Waals surface area (Å²) in [6.45, 7) is 1.59. The third kappa shape index (κ3) is 2.64. The van der Waals surface area contributed by atoms with E-state index in [1.807, 2.05) is 6.20 Å². The van der Waals surface area contributed by atoms with Crippen LogP contribution >= 0.6 is 11.3 Å². The van der Waals surface area contributed by atoms with E-state index in [2.05, 4.69) is 39.9 Å². The molecule has 1 heterocycles. The Bertz CT molecular complexity index is 555. The fraction of sp³-hybridized carbons (Fsp3) is 0.438. The summed E-state index contributed by atoms with van der Waals surface area (Å²) in [6, 6.07) is 8.75. The van der Waals surface area contributed by atoms with Crippen LogP contribution in [0.5, 0.6) is 0 Å². The Morgan fingerprint density at radius 3 is 2.95 bits per heavy atom. The zero-order valence-corrected chi connectivity index (χ0v) is 12.6. The minimum atomic E-state index is -0.0267. The van der Waals surface area contributed by atoms with Gasteiger partial charge >= 0.3 is 0 Å². The van der Waals surface area contributed by atoms with Crippen LogP contribution in [0.4, 0.5) is 0 Å². The molecule has 20 heavy (non-hydrogen) atoms. The van der Waals surface area contributed by atoms with E-state index in [0.29, 0.717) is 0 Å². The highest BCUT2D eigenvalue weighted by Crippen LogP contribution is 2.37. The monoisotopic (exact) mass is 288 g/mol. The molecule has 0 saturated heterocycles. The lowest BCUT2D eigenvalue weighted by Crippen LogP contribution is -2.48. The van der Waals surface area contributed by atoms with Crippen LogP contribution in [0.3, 0.4) is 0 Å². The molecule has 1 N–H and O–H groups in total. The summed E-state index contributed by atoms with van der Waals surface area (Å²) in [4.78, 5) is 4.58. The van der Waals surface area contributed by atoms with Gasteiger partial charge in [-0.1, -0.05) is 24.3 Å². The predicted molar refractivity (Wildman–Crippen MR) is 82.1 cm³/mol. The molecule has 1 atom stereocenters. The lowest BCUT2D eigenvalue weighted by Gasteiger charge is -2.37. The van der Waals surface area contributed by atoms with Crippen LogP contribution in [0, 0.1) is 0 Å². The smallest absolute Gasteiger partial charge is 0.113 e. The van der Waals surface area contributed by atoms with Gasteiger partial charge in [-0.3, -0.25) is 0 Å². The number of aryl methyl sites for hydroxylation is 1. The highest BCUT2D eigenvalue weighted by molar-refractivity contribution is 7.09. The third-order valence-electron chi connectivity index (χ3n) is 4.04. The Morgan fingerprint density at radius 2 is 2.20 bits per heavy atom. The molecule has 4 heteroatoms. The second-order valence-corrected chi connectivity index (χ2v) is 6.18. The van der Waals surface area contributed by atoms with Gasteiger partial charge < -0.3 is 10.1 Å². The summed E-state index contributed by atoms with van der Waals surface area (Å²) in [5, 5.41) is 6.96. The average molecular weight is 288 g/mol. The van der Waals surface area contributed by atoms with Crippen molar-refractivity contribution in [1.82, 2.24) is 10.3 Å². The topological polar surface area (TPSA) is 34.1 Å². The molecule has 0 spiro atoms. The number of rotatable bonds is 5. The van der Waals surface area contributed by atoms with E-state index in [4.69, 9.17) is 4.74 Å². The lowest BCUT2D eigenvalue weighted by atomic mass is 9.78. The molecule has 0 bridgehead atoms. The molecule has 1 aromatic heterocycles. The van der Waals surface area contributed by atoms with Crippen molar-refractivity contribution in [3.8, 4) is 0 Å². The van der Waals surface area contributed by atoms with Crippen LogP contribution in [-0.2, 0) is 23.1 Å². The van der Waals surface area contributed by atoms with E-state index >= 15 is 0 Å². The first-order chi connectivity index (χ1) is 9.84. The molecule has 0 fully saturated rings. The summed E-state index contributed by atoms with van der Waals surface area (Å²) in [5.41, 5.74) is 2.90. The van der Waals surface area contributed by atoms with E-state index < -0.39 is 0 Å². The Balaban J connectivity index is 1.88. The van der Waals surface area contributed by atoms with Crippen LogP contribution < -0.4 is 5.32 Å². The molecule has 0 saturated carbocycles. The van der Waals surface area contributed by atoms with Crippen LogP contribution in [0.15, 0.2) is 35.8 Å². The van der Waals surface area contributed by atoms with Gasteiger partial charge in [0.1, 0.15) is 5.01 Å². The van der Waals surface area contributed by atoms with Gasteiger partial charge in [-0.15, -0.1) is 11.3 Å². The van der Waals surface area contributed by atoms with E-state index in [1.165, 1.54) is 16.1 Å². The molecule has 106 valence electrons. The van der Waals surface area contributed by atoms with Gasteiger partial charge in [0.15, 0.2) is 0 Å². The molecule has 2 aromatic rings. The Labute approximate surface area is 124 Å². The molecular formula is C16H20N2OS. The zero-order chi connectivity index (χ0) is 13.8. The number of aromatic nitrogens is 1. The van der Waals surface area contributed by atoms with Crippen molar-refractivity contribution in [2.75, 3.05) is 20.3 Å². The lowest BCUT2D eigenvalue weighted by molar-refractivity contribution is 0.178. The summed E-state index contributed by atoms with van der Waals surface area (Å²) in [5.74, 6) is 0. The van der Waals surface area contributed by atoms with Crippen LogP contribution in [0.25, 0.3) is 0 Å². The minimum Gasteiger partial charge on any atom is -0.383 e. The van der Waals surface area contributed by atoms with Gasteiger partial charge in [0.25, 0.3) is 0 Å². The number of thiazole rings is 1. The molecular weight excluding hydrogens is 268 g/mol. The van der Waals surface area contributed by atoms with Crippen LogP contribution in [-0.4, -0.2) is 25.2 Å². The number of hydrogen-bond donors (Lipinski definition) is 1. The van der Waals surface area contributed by atoms with Crippen molar-refractivity contribution in [3.63, 3.8) is 0 Å². The molecule has 1 aliphatic carbocycles. The van der Waals surface area contributed by atoms with Gasteiger partial charge in [-0.2, -0.15) is 0 Å². The van der Waals surface area contributed by atoms with Crippen molar-refractivity contribution in [2.24, 2.45) is 0 Å². The van der Waals surface area contributed by atoms with Crippen molar-refractivity contribution >= 4 is 11.3 Å². The van der Waals surface area contributed by atoms with Crippen molar-refractivity contribution in [2.45, 2.75) is 24.8 Å². The maximum absolute atomic E-state index is 5.19. The molecule has 1 aromatic carbocycles. The van der Waals surface area contributed by atoms with Gasteiger partial charge in [-0.05, 0) is 30.4 Å². The first kappa shape index (κ1) is 13.7. The van der Waals surface area contributed by atoms with Gasteiger partial charge in [0.2, 0.25) is 0 Å².